The molecule has 2 rings (SSSR count). The predicted octanol–water partition coefficient (Wildman–Crippen LogP) is 6.85. The van der Waals surface area contributed by atoms with Crippen molar-refractivity contribution in [3.63, 3.8) is 0 Å². The molecule has 0 spiro atoms. The molecule has 0 aliphatic rings. The number of ether oxygens (including phenoxy) is 2. The number of carbonyl (C=O) groups is 3. The zero-order valence-electron chi connectivity index (χ0n) is 26.9. The van der Waals surface area contributed by atoms with Crippen molar-refractivity contribution in [2.24, 2.45) is 11.8 Å². The van der Waals surface area contributed by atoms with E-state index in [1.807, 2.05) is 88.4 Å². The van der Waals surface area contributed by atoms with Gasteiger partial charge in [0.2, 0.25) is 0 Å². The maximum atomic E-state index is 13.7. The minimum Gasteiger partial charge on any atom is -0.459 e. The summed E-state index contributed by atoms with van der Waals surface area (Å²) in [6.45, 7) is 18.5. The Kier molecular flexibility index (Phi) is 13.4. The molecule has 0 heterocycles. The van der Waals surface area contributed by atoms with Crippen molar-refractivity contribution in [3.05, 3.63) is 71.8 Å². The highest BCUT2D eigenvalue weighted by Crippen LogP contribution is 2.38. The summed E-state index contributed by atoms with van der Waals surface area (Å²) in [6, 6.07) is 18.2. The summed E-state index contributed by atoms with van der Waals surface area (Å²) in [5.74, 6) is -1.41. The maximum Gasteiger partial charge on any atom is 0.335 e. The Morgan fingerprint density at radius 1 is 0.762 bits per heavy atom. The Morgan fingerprint density at radius 3 is 1.79 bits per heavy atom. The van der Waals surface area contributed by atoms with E-state index in [2.05, 4.69) is 39.2 Å². The highest BCUT2D eigenvalue weighted by atomic mass is 28.4. The Hall–Kier alpha value is -2.97. The quantitative estimate of drug-likeness (QED) is 0.178. The van der Waals surface area contributed by atoms with Crippen molar-refractivity contribution in [3.8, 4) is 0 Å². The molecule has 2 aromatic carbocycles. The van der Waals surface area contributed by atoms with Crippen molar-refractivity contribution in [1.29, 1.82) is 0 Å². The lowest BCUT2D eigenvalue weighted by Gasteiger charge is -2.39. The first-order valence-corrected chi connectivity index (χ1v) is 17.9. The van der Waals surface area contributed by atoms with Gasteiger partial charge in [0.25, 0.3) is 5.91 Å². The number of nitrogens with one attached hydrogen (secondary N) is 1. The number of benzene rings is 2. The van der Waals surface area contributed by atoms with Crippen LogP contribution in [-0.4, -0.2) is 44.4 Å². The van der Waals surface area contributed by atoms with E-state index in [0.717, 1.165) is 11.1 Å². The minimum absolute atomic E-state index is 0.0658. The number of carbonyl (C=O) groups excluding carboxylic acids is 3. The van der Waals surface area contributed by atoms with Crippen LogP contribution in [0.15, 0.2) is 60.7 Å². The van der Waals surface area contributed by atoms with Crippen LogP contribution in [0.25, 0.3) is 0 Å². The molecule has 0 radical (unpaired) electrons. The normalized spacial score (nSPS) is 14.3. The van der Waals surface area contributed by atoms with E-state index in [9.17, 15) is 14.4 Å². The molecule has 0 bridgehead atoms. The van der Waals surface area contributed by atoms with Gasteiger partial charge in [-0.25, -0.2) is 9.59 Å². The summed E-state index contributed by atoms with van der Waals surface area (Å²) >= 11 is 0. The number of amides is 1. The average molecular weight is 598 g/mol. The van der Waals surface area contributed by atoms with Gasteiger partial charge in [-0.05, 0) is 53.9 Å². The Morgan fingerprint density at radius 2 is 1.29 bits per heavy atom. The van der Waals surface area contributed by atoms with Gasteiger partial charge in [-0.2, -0.15) is 0 Å². The number of hydrogen-bond donors (Lipinski definition) is 1. The molecule has 0 saturated heterocycles. The van der Waals surface area contributed by atoms with Crippen LogP contribution >= 0.6 is 0 Å². The molecule has 2 aromatic rings. The first-order chi connectivity index (χ1) is 19.6. The summed E-state index contributed by atoms with van der Waals surface area (Å²) < 4.78 is 18.0. The summed E-state index contributed by atoms with van der Waals surface area (Å²) in [5.41, 5.74) is 1.81. The van der Waals surface area contributed by atoms with E-state index in [0.29, 0.717) is 19.3 Å². The molecular formula is C34H51NO6Si. The minimum atomic E-state index is -2.35. The molecule has 8 heteroatoms. The van der Waals surface area contributed by atoms with E-state index in [1.54, 1.807) is 0 Å². The van der Waals surface area contributed by atoms with E-state index in [1.165, 1.54) is 0 Å². The topological polar surface area (TPSA) is 90.9 Å². The van der Waals surface area contributed by atoms with Gasteiger partial charge in [-0.3, -0.25) is 4.79 Å². The molecule has 0 aliphatic carbocycles. The van der Waals surface area contributed by atoms with E-state index in [-0.39, 0.29) is 23.5 Å². The third kappa shape index (κ3) is 11.7. The smallest absolute Gasteiger partial charge is 0.335 e. The molecule has 0 aromatic heterocycles. The molecule has 0 aliphatic heterocycles. The second-order valence-corrected chi connectivity index (χ2v) is 18.2. The van der Waals surface area contributed by atoms with Gasteiger partial charge >= 0.3 is 11.9 Å². The molecule has 0 unspecified atom stereocenters. The summed E-state index contributed by atoms with van der Waals surface area (Å²) in [7, 11) is -2.35. The van der Waals surface area contributed by atoms with Crippen LogP contribution in [0, 0.1) is 11.8 Å². The molecule has 7 nitrogen and oxygen atoms in total. The summed E-state index contributed by atoms with van der Waals surface area (Å²) in [5, 5.41) is 2.71. The molecular weight excluding hydrogens is 546 g/mol. The van der Waals surface area contributed by atoms with Gasteiger partial charge in [-0.1, -0.05) is 109 Å². The third-order valence-corrected chi connectivity index (χ3v) is 12.0. The Balaban J connectivity index is 2.24. The van der Waals surface area contributed by atoms with Gasteiger partial charge in [0.15, 0.2) is 14.4 Å². The van der Waals surface area contributed by atoms with Crippen molar-refractivity contribution in [2.75, 3.05) is 0 Å². The lowest BCUT2D eigenvalue weighted by molar-refractivity contribution is -0.165. The molecule has 0 saturated carbocycles. The monoisotopic (exact) mass is 597 g/mol. The van der Waals surface area contributed by atoms with Gasteiger partial charge in [-0.15, -0.1) is 0 Å². The third-order valence-electron chi connectivity index (χ3n) is 7.54. The fraction of sp³-hybridized carbons (Fsp3) is 0.559. The van der Waals surface area contributed by atoms with Gasteiger partial charge in [0.1, 0.15) is 18.8 Å². The fourth-order valence-corrected chi connectivity index (χ4v) is 5.41. The standard InChI is InChI=1S/C34H51NO6Si/c1-24(2)20-28(32(37)39-23-27-18-14-11-15-19-27)35-31(36)29(21-25(3)4)40-33(38)30(22-26-16-12-10-13-17-26)41-42(8,9)34(5,6)7/h10-19,24-25,28-30H,20-23H2,1-9H3,(H,35,36)/t28-,29+,30+/m1/s1. The number of esters is 2. The van der Waals surface area contributed by atoms with E-state index in [4.69, 9.17) is 13.9 Å². The van der Waals surface area contributed by atoms with Crippen LogP contribution in [0.3, 0.4) is 0 Å². The molecule has 42 heavy (non-hydrogen) atoms. The van der Waals surface area contributed by atoms with E-state index < -0.39 is 44.4 Å². The number of hydrogen-bond acceptors (Lipinski definition) is 6. The van der Waals surface area contributed by atoms with Crippen LogP contribution in [0.1, 0.15) is 72.4 Å². The highest BCUT2D eigenvalue weighted by Gasteiger charge is 2.42. The molecule has 3 atom stereocenters. The molecule has 1 N–H and O–H groups in total. The van der Waals surface area contributed by atoms with Crippen LogP contribution in [0.5, 0.6) is 0 Å². The fourth-order valence-electron chi connectivity index (χ4n) is 4.17. The molecule has 0 fully saturated rings. The summed E-state index contributed by atoms with van der Waals surface area (Å²) in [4.78, 5) is 40.3. The highest BCUT2D eigenvalue weighted by molar-refractivity contribution is 6.74. The SMILES string of the molecule is CC(C)C[C@H](OC(=O)[C@H](Cc1ccccc1)O[Si](C)(C)C(C)(C)C)C(=O)N[C@H](CC(C)C)C(=O)OCc1ccccc1. The second kappa shape index (κ2) is 16.0. The van der Waals surface area contributed by atoms with Crippen molar-refractivity contribution < 1.29 is 28.3 Å². The van der Waals surface area contributed by atoms with Crippen molar-refractivity contribution in [2.45, 2.75) is 111 Å². The van der Waals surface area contributed by atoms with Crippen LogP contribution in [0.2, 0.25) is 18.1 Å². The van der Waals surface area contributed by atoms with Crippen LogP contribution in [0.4, 0.5) is 0 Å². The van der Waals surface area contributed by atoms with Gasteiger partial charge < -0.3 is 19.2 Å². The Bertz CT molecular complexity index is 1130. The predicted molar refractivity (Wildman–Crippen MR) is 169 cm³/mol. The van der Waals surface area contributed by atoms with E-state index >= 15 is 0 Å². The van der Waals surface area contributed by atoms with Crippen LogP contribution in [-0.2, 0) is 41.3 Å². The average Bonchev–Trinajstić information content (AvgIpc) is 2.90. The van der Waals surface area contributed by atoms with Gasteiger partial charge in [0, 0.05) is 6.42 Å². The molecule has 1 amide bonds. The lowest BCUT2D eigenvalue weighted by atomic mass is 10.0. The van der Waals surface area contributed by atoms with Crippen LogP contribution < -0.4 is 5.32 Å². The largest absolute Gasteiger partial charge is 0.459 e. The lowest BCUT2D eigenvalue weighted by Crippen LogP contribution is -2.50. The molecule has 232 valence electrons. The second-order valence-electron chi connectivity index (χ2n) is 13.4. The zero-order valence-corrected chi connectivity index (χ0v) is 27.9. The van der Waals surface area contributed by atoms with Crippen molar-refractivity contribution >= 4 is 26.2 Å². The summed E-state index contributed by atoms with van der Waals surface area (Å²) in [6.07, 6.45) is -0.895. The first-order valence-electron chi connectivity index (χ1n) is 15.0. The zero-order chi connectivity index (χ0) is 31.5. The van der Waals surface area contributed by atoms with Crippen molar-refractivity contribution in [1.82, 2.24) is 5.32 Å². The Labute approximate surface area is 253 Å². The van der Waals surface area contributed by atoms with Gasteiger partial charge in [0.05, 0.1) is 0 Å². The first kappa shape index (κ1) is 35.2. The maximum absolute atomic E-state index is 13.7. The number of rotatable bonds is 15.